The van der Waals surface area contributed by atoms with Gasteiger partial charge in [-0.15, -0.1) is 0 Å². The summed E-state index contributed by atoms with van der Waals surface area (Å²) in [7, 11) is 1.83. The number of nitrogen functional groups attached to an aromatic ring is 1. The van der Waals surface area contributed by atoms with Gasteiger partial charge in [0, 0.05) is 13.1 Å². The predicted molar refractivity (Wildman–Crippen MR) is 75.4 cm³/mol. The predicted octanol–water partition coefficient (Wildman–Crippen LogP) is 0.998. The van der Waals surface area contributed by atoms with Crippen LogP contribution in [0.3, 0.4) is 0 Å². The first-order valence-corrected chi connectivity index (χ1v) is 6.61. The fraction of sp³-hybridized carbons (Fsp3) is 0.462. The molecule has 1 atom stereocenters. The lowest BCUT2D eigenvalue weighted by molar-refractivity contribution is -0.384. The molecule has 1 aromatic rings. The fourth-order valence-electron chi connectivity index (χ4n) is 2.57. The number of benzene rings is 1. The summed E-state index contributed by atoms with van der Waals surface area (Å²) in [4.78, 5) is 24.0. The highest BCUT2D eigenvalue weighted by atomic mass is 19.1. The summed E-state index contributed by atoms with van der Waals surface area (Å²) in [5.41, 5.74) is 4.63. The third-order valence-corrected chi connectivity index (χ3v) is 3.62. The van der Waals surface area contributed by atoms with Crippen molar-refractivity contribution in [1.82, 2.24) is 10.2 Å². The van der Waals surface area contributed by atoms with Gasteiger partial charge in [0.15, 0.2) is 0 Å². The lowest BCUT2D eigenvalue weighted by Crippen LogP contribution is -2.31. The molecule has 1 heterocycles. The van der Waals surface area contributed by atoms with Crippen LogP contribution in [0.2, 0.25) is 0 Å². The second-order valence-electron chi connectivity index (χ2n) is 5.11. The number of rotatable bonds is 4. The number of amides is 1. The molecular weight excluding hydrogens is 279 g/mol. The first-order valence-electron chi connectivity index (χ1n) is 6.61. The zero-order valence-electron chi connectivity index (χ0n) is 11.6. The zero-order valence-corrected chi connectivity index (χ0v) is 11.6. The van der Waals surface area contributed by atoms with Crippen molar-refractivity contribution in [2.24, 2.45) is 5.92 Å². The molecule has 1 aliphatic heterocycles. The molecule has 1 fully saturated rings. The number of nitrogens with two attached hydrogens (primary N) is 1. The number of nitrogens with zero attached hydrogens (tertiary/aromatic N) is 2. The van der Waals surface area contributed by atoms with E-state index in [9.17, 15) is 19.3 Å². The number of nitro groups is 1. The highest BCUT2D eigenvalue weighted by molar-refractivity contribution is 6.01. The zero-order chi connectivity index (χ0) is 15.6. The van der Waals surface area contributed by atoms with Crippen LogP contribution in [0.25, 0.3) is 0 Å². The number of anilines is 1. The van der Waals surface area contributed by atoms with Crippen molar-refractivity contribution in [2.45, 2.75) is 6.42 Å². The normalized spacial score (nSPS) is 18.0. The minimum Gasteiger partial charge on any atom is -0.393 e. The summed E-state index contributed by atoms with van der Waals surface area (Å²) in [5, 5.41) is 13.9. The quantitative estimate of drug-likeness (QED) is 0.490. The molecule has 1 aromatic carbocycles. The van der Waals surface area contributed by atoms with Gasteiger partial charge in [-0.25, -0.2) is 4.39 Å². The molecule has 0 spiro atoms. The molecule has 0 bridgehead atoms. The molecule has 21 heavy (non-hydrogen) atoms. The Kier molecular flexibility index (Phi) is 4.37. The summed E-state index contributed by atoms with van der Waals surface area (Å²) in [6.07, 6.45) is 0.837. The number of hydrogen-bond acceptors (Lipinski definition) is 5. The van der Waals surface area contributed by atoms with Gasteiger partial charge in [-0.05, 0) is 32.0 Å². The minimum absolute atomic E-state index is 0.146. The molecule has 3 N–H and O–H groups in total. The van der Waals surface area contributed by atoms with Gasteiger partial charge in [0.25, 0.3) is 11.6 Å². The number of carbonyl (C=O) groups excluding carboxylic acids is 1. The summed E-state index contributed by atoms with van der Waals surface area (Å²) in [6.45, 7) is 1.85. The first-order chi connectivity index (χ1) is 9.93. The van der Waals surface area contributed by atoms with Gasteiger partial charge in [-0.1, -0.05) is 0 Å². The molecule has 114 valence electrons. The van der Waals surface area contributed by atoms with Crippen LogP contribution in [0.4, 0.5) is 15.8 Å². The summed E-state index contributed by atoms with van der Waals surface area (Å²) < 4.78 is 13.5. The van der Waals surface area contributed by atoms with Crippen molar-refractivity contribution >= 4 is 17.3 Å². The van der Waals surface area contributed by atoms with Gasteiger partial charge < -0.3 is 16.0 Å². The van der Waals surface area contributed by atoms with E-state index in [-0.39, 0.29) is 11.3 Å². The molecule has 0 radical (unpaired) electrons. The maximum Gasteiger partial charge on any atom is 0.295 e. The second kappa shape index (κ2) is 6.04. The Balaban J connectivity index is 2.26. The van der Waals surface area contributed by atoms with Crippen LogP contribution in [0, 0.1) is 21.8 Å². The van der Waals surface area contributed by atoms with Crippen LogP contribution < -0.4 is 11.1 Å². The lowest BCUT2D eigenvalue weighted by Gasteiger charge is -2.17. The number of carbonyl (C=O) groups is 1. The highest BCUT2D eigenvalue weighted by Crippen LogP contribution is 2.29. The third kappa shape index (κ3) is 3.10. The van der Waals surface area contributed by atoms with Gasteiger partial charge in [0.1, 0.15) is 11.5 Å². The van der Waals surface area contributed by atoms with Crippen LogP contribution in [0.15, 0.2) is 12.1 Å². The molecule has 1 unspecified atom stereocenters. The molecular formula is C13H17FN4O3. The van der Waals surface area contributed by atoms with Gasteiger partial charge in [-0.2, -0.15) is 0 Å². The van der Waals surface area contributed by atoms with Gasteiger partial charge in [-0.3, -0.25) is 14.9 Å². The standard InChI is InChI=1S/C13H17FN4O3/c1-16-6-8-2-3-17(7-8)13(19)10-4-9(14)5-11(12(10)15)18(20)21/h4-5,8,16H,2-3,6-7,15H2,1H3. The molecule has 7 nitrogen and oxygen atoms in total. The Labute approximate surface area is 121 Å². The summed E-state index contributed by atoms with van der Waals surface area (Å²) in [5.74, 6) is -0.984. The van der Waals surface area contributed by atoms with Crippen LogP contribution >= 0.6 is 0 Å². The van der Waals surface area contributed by atoms with E-state index in [1.807, 2.05) is 7.05 Å². The van der Waals surface area contributed by atoms with Crippen molar-refractivity contribution in [2.75, 3.05) is 32.4 Å². The molecule has 2 rings (SSSR count). The van der Waals surface area contributed by atoms with E-state index < -0.39 is 22.3 Å². The summed E-state index contributed by atoms with van der Waals surface area (Å²) >= 11 is 0. The van der Waals surface area contributed by atoms with Crippen LogP contribution in [0.1, 0.15) is 16.8 Å². The molecule has 0 saturated carbocycles. The Morgan fingerprint density at radius 3 is 2.95 bits per heavy atom. The first kappa shape index (κ1) is 15.2. The van der Waals surface area contributed by atoms with E-state index in [4.69, 9.17) is 5.73 Å². The molecule has 0 aromatic heterocycles. The smallest absolute Gasteiger partial charge is 0.295 e. The van der Waals surface area contributed by atoms with Crippen LogP contribution in [0.5, 0.6) is 0 Å². The number of halogens is 1. The average Bonchev–Trinajstić information content (AvgIpc) is 2.89. The third-order valence-electron chi connectivity index (χ3n) is 3.62. The van der Waals surface area contributed by atoms with Crippen molar-refractivity contribution in [3.05, 3.63) is 33.6 Å². The number of nitro benzene ring substituents is 1. The number of nitrogens with one attached hydrogen (secondary N) is 1. The van der Waals surface area contributed by atoms with Crippen molar-refractivity contribution in [3.63, 3.8) is 0 Å². The largest absolute Gasteiger partial charge is 0.393 e. The Morgan fingerprint density at radius 2 is 2.33 bits per heavy atom. The number of likely N-dealkylation sites (tertiary alicyclic amines) is 1. The number of hydrogen-bond donors (Lipinski definition) is 2. The summed E-state index contributed by atoms with van der Waals surface area (Å²) in [6, 6.07) is 1.68. The topological polar surface area (TPSA) is 102 Å². The molecule has 1 saturated heterocycles. The van der Waals surface area contributed by atoms with Crippen LogP contribution in [-0.2, 0) is 0 Å². The van der Waals surface area contributed by atoms with E-state index in [1.54, 1.807) is 4.90 Å². The van der Waals surface area contributed by atoms with Gasteiger partial charge >= 0.3 is 0 Å². The monoisotopic (exact) mass is 296 g/mol. The Hall–Kier alpha value is -2.22. The van der Waals surface area contributed by atoms with E-state index in [1.165, 1.54) is 0 Å². The Bertz CT molecular complexity index is 579. The molecule has 8 heteroatoms. The molecule has 1 aliphatic rings. The fourth-order valence-corrected chi connectivity index (χ4v) is 2.57. The second-order valence-corrected chi connectivity index (χ2v) is 5.11. The van der Waals surface area contributed by atoms with E-state index in [2.05, 4.69) is 5.32 Å². The van der Waals surface area contributed by atoms with E-state index in [0.717, 1.165) is 25.1 Å². The highest BCUT2D eigenvalue weighted by Gasteiger charge is 2.30. The van der Waals surface area contributed by atoms with Crippen LogP contribution in [-0.4, -0.2) is 42.4 Å². The van der Waals surface area contributed by atoms with Gasteiger partial charge in [0.05, 0.1) is 16.6 Å². The van der Waals surface area contributed by atoms with E-state index in [0.29, 0.717) is 19.0 Å². The van der Waals surface area contributed by atoms with Crippen molar-refractivity contribution < 1.29 is 14.1 Å². The van der Waals surface area contributed by atoms with E-state index >= 15 is 0 Å². The maximum atomic E-state index is 13.5. The van der Waals surface area contributed by atoms with Crippen molar-refractivity contribution in [1.29, 1.82) is 0 Å². The molecule has 1 amide bonds. The maximum absolute atomic E-state index is 13.5. The minimum atomic E-state index is -0.842. The Morgan fingerprint density at radius 1 is 1.62 bits per heavy atom. The molecule has 0 aliphatic carbocycles. The average molecular weight is 296 g/mol. The lowest BCUT2D eigenvalue weighted by atomic mass is 10.1. The SMILES string of the molecule is CNCC1CCN(C(=O)c2cc(F)cc([N+](=O)[O-])c2N)C1. The van der Waals surface area contributed by atoms with Gasteiger partial charge in [0.2, 0.25) is 0 Å². The van der Waals surface area contributed by atoms with Crippen molar-refractivity contribution in [3.8, 4) is 0 Å².